The molecule has 1 aliphatic rings. The van der Waals surface area contributed by atoms with Crippen LogP contribution in [0.1, 0.15) is 25.7 Å². The van der Waals surface area contributed by atoms with Crippen LogP contribution in [0, 0.1) is 0 Å². The second-order valence-electron chi connectivity index (χ2n) is 6.24. The van der Waals surface area contributed by atoms with Crippen molar-refractivity contribution >= 4 is 56.2 Å². The first-order chi connectivity index (χ1) is 12.3. The summed E-state index contributed by atoms with van der Waals surface area (Å²) in [6.07, 6.45) is 1.82. The van der Waals surface area contributed by atoms with Crippen LogP contribution in [-0.2, 0) is 14.6 Å². The molecule has 0 heterocycles. The van der Waals surface area contributed by atoms with Crippen LogP contribution in [0.2, 0.25) is 15.1 Å². The van der Waals surface area contributed by atoms with Gasteiger partial charge in [0.15, 0.2) is 14.6 Å². The van der Waals surface area contributed by atoms with Crippen LogP contribution < -0.4 is 5.32 Å². The van der Waals surface area contributed by atoms with Gasteiger partial charge in [0.2, 0.25) is 5.91 Å². The molecule has 2 aromatic rings. The minimum Gasteiger partial charge on any atom is -0.323 e. The molecule has 0 spiro atoms. The molecule has 0 aromatic heterocycles. The van der Waals surface area contributed by atoms with Gasteiger partial charge < -0.3 is 5.32 Å². The van der Waals surface area contributed by atoms with Crippen LogP contribution in [0.4, 0.5) is 5.69 Å². The summed E-state index contributed by atoms with van der Waals surface area (Å²) in [6, 6.07) is 10.5. The molecule has 8 heteroatoms. The van der Waals surface area contributed by atoms with E-state index in [0.29, 0.717) is 33.6 Å². The maximum Gasteiger partial charge on any atom is 0.246 e. The highest BCUT2D eigenvalue weighted by Gasteiger charge is 2.53. The predicted octanol–water partition coefficient (Wildman–Crippen LogP) is 5.37. The number of nitrogens with one attached hydrogen (secondary N) is 1. The Kier molecular flexibility index (Phi) is 5.54. The van der Waals surface area contributed by atoms with Gasteiger partial charge in [-0.05, 0) is 55.3 Å². The molecule has 1 saturated carbocycles. The Balaban J connectivity index is 2.01. The number of anilines is 1. The Morgan fingerprint density at radius 2 is 1.50 bits per heavy atom. The Hall–Kier alpha value is -1.27. The molecule has 1 fully saturated rings. The summed E-state index contributed by atoms with van der Waals surface area (Å²) in [4.78, 5) is 13.1. The first-order valence-corrected chi connectivity index (χ1v) is 10.6. The number of benzene rings is 2. The molecule has 0 atom stereocenters. The van der Waals surface area contributed by atoms with E-state index in [1.807, 2.05) is 0 Å². The zero-order chi connectivity index (χ0) is 18.9. The van der Waals surface area contributed by atoms with Gasteiger partial charge in [0.1, 0.15) is 0 Å². The maximum absolute atomic E-state index is 13.3. The number of carbonyl (C=O) groups is 1. The van der Waals surface area contributed by atoms with Gasteiger partial charge in [0, 0.05) is 10.0 Å². The molecule has 1 amide bonds. The molecule has 3 rings (SSSR count). The molecule has 2 aromatic carbocycles. The van der Waals surface area contributed by atoms with Crippen molar-refractivity contribution < 1.29 is 13.2 Å². The first kappa shape index (κ1) is 19.5. The number of halogens is 3. The van der Waals surface area contributed by atoms with Crippen LogP contribution >= 0.6 is 34.8 Å². The van der Waals surface area contributed by atoms with Gasteiger partial charge in [0.05, 0.1) is 15.6 Å². The van der Waals surface area contributed by atoms with Crippen molar-refractivity contribution in [3.8, 4) is 0 Å². The highest BCUT2D eigenvalue weighted by molar-refractivity contribution is 7.93. The summed E-state index contributed by atoms with van der Waals surface area (Å²) in [5.41, 5.74) is 0.293. The fraction of sp³-hybridized carbons (Fsp3) is 0.278. The van der Waals surface area contributed by atoms with Gasteiger partial charge >= 0.3 is 0 Å². The van der Waals surface area contributed by atoms with Crippen LogP contribution in [0.15, 0.2) is 47.4 Å². The molecule has 1 aliphatic carbocycles. The molecular formula is C18H16Cl3NO3S. The third kappa shape index (κ3) is 3.46. The van der Waals surface area contributed by atoms with E-state index in [1.165, 1.54) is 30.3 Å². The molecule has 138 valence electrons. The number of hydrogen-bond acceptors (Lipinski definition) is 3. The van der Waals surface area contributed by atoms with Crippen LogP contribution in [0.3, 0.4) is 0 Å². The zero-order valence-corrected chi connectivity index (χ0v) is 16.7. The fourth-order valence-corrected chi connectivity index (χ4v) is 5.76. The highest BCUT2D eigenvalue weighted by atomic mass is 35.5. The molecular weight excluding hydrogens is 417 g/mol. The monoisotopic (exact) mass is 431 g/mol. The molecule has 0 aliphatic heterocycles. The number of hydrogen-bond donors (Lipinski definition) is 1. The largest absolute Gasteiger partial charge is 0.323 e. The van der Waals surface area contributed by atoms with E-state index in [9.17, 15) is 13.2 Å². The second-order valence-corrected chi connectivity index (χ2v) is 9.78. The number of sulfone groups is 1. The number of amides is 1. The van der Waals surface area contributed by atoms with Crippen molar-refractivity contribution in [2.24, 2.45) is 0 Å². The summed E-state index contributed by atoms with van der Waals surface area (Å²) in [7, 11) is -3.91. The standard InChI is InChI=1S/C18H16Cl3NO3S/c19-12-3-6-14(7-4-12)26(24,25)18(9-1-2-10-18)17(23)22-16-11-13(20)5-8-15(16)21/h3-8,11H,1-2,9-10H2,(H,22,23). The van der Waals surface area contributed by atoms with Crippen LogP contribution in [0.25, 0.3) is 0 Å². The molecule has 0 saturated heterocycles. The average Bonchev–Trinajstić information content (AvgIpc) is 3.10. The van der Waals surface area contributed by atoms with Gasteiger partial charge in [-0.15, -0.1) is 0 Å². The average molecular weight is 433 g/mol. The van der Waals surface area contributed by atoms with E-state index in [1.54, 1.807) is 12.1 Å². The van der Waals surface area contributed by atoms with Crippen molar-refractivity contribution in [1.29, 1.82) is 0 Å². The molecule has 0 bridgehead atoms. The lowest BCUT2D eigenvalue weighted by Gasteiger charge is -2.28. The molecule has 0 radical (unpaired) electrons. The van der Waals surface area contributed by atoms with Gasteiger partial charge in [0.25, 0.3) is 0 Å². The smallest absolute Gasteiger partial charge is 0.246 e. The Labute approximate surface area is 167 Å². The lowest BCUT2D eigenvalue weighted by Crippen LogP contribution is -2.47. The Bertz CT molecular complexity index is 937. The second kappa shape index (κ2) is 7.39. The quantitative estimate of drug-likeness (QED) is 0.706. The van der Waals surface area contributed by atoms with Gasteiger partial charge in [-0.3, -0.25) is 4.79 Å². The van der Waals surface area contributed by atoms with Crippen LogP contribution in [-0.4, -0.2) is 19.1 Å². The zero-order valence-electron chi connectivity index (χ0n) is 13.6. The van der Waals surface area contributed by atoms with E-state index in [-0.39, 0.29) is 17.7 Å². The van der Waals surface area contributed by atoms with Crippen molar-refractivity contribution in [2.45, 2.75) is 35.3 Å². The minimum absolute atomic E-state index is 0.0798. The van der Waals surface area contributed by atoms with E-state index in [4.69, 9.17) is 34.8 Å². The molecule has 0 unspecified atom stereocenters. The molecule has 1 N–H and O–H groups in total. The summed E-state index contributed by atoms with van der Waals surface area (Å²) in [6.45, 7) is 0. The van der Waals surface area contributed by atoms with Gasteiger partial charge in [-0.2, -0.15) is 0 Å². The number of carbonyl (C=O) groups excluding carboxylic acids is 1. The Morgan fingerprint density at radius 1 is 0.923 bits per heavy atom. The summed E-state index contributed by atoms with van der Waals surface area (Å²) in [5, 5.41) is 3.78. The van der Waals surface area contributed by atoms with Crippen molar-refractivity contribution in [2.75, 3.05) is 5.32 Å². The minimum atomic E-state index is -3.91. The van der Waals surface area contributed by atoms with E-state index in [0.717, 1.165) is 0 Å². The molecule has 26 heavy (non-hydrogen) atoms. The fourth-order valence-electron chi connectivity index (χ4n) is 3.23. The van der Waals surface area contributed by atoms with Crippen LogP contribution in [0.5, 0.6) is 0 Å². The van der Waals surface area contributed by atoms with E-state index < -0.39 is 20.5 Å². The SMILES string of the molecule is O=C(Nc1cc(Cl)ccc1Cl)C1(S(=O)(=O)c2ccc(Cl)cc2)CCCC1. The summed E-state index contributed by atoms with van der Waals surface area (Å²) in [5.74, 6) is -0.589. The number of rotatable bonds is 4. The third-order valence-corrected chi connectivity index (χ3v) is 7.97. The molecule has 4 nitrogen and oxygen atoms in total. The van der Waals surface area contributed by atoms with E-state index in [2.05, 4.69) is 5.32 Å². The van der Waals surface area contributed by atoms with Gasteiger partial charge in [-0.25, -0.2) is 8.42 Å². The van der Waals surface area contributed by atoms with Crippen molar-refractivity contribution in [3.63, 3.8) is 0 Å². The summed E-state index contributed by atoms with van der Waals surface area (Å²) >= 11 is 17.9. The van der Waals surface area contributed by atoms with Crippen molar-refractivity contribution in [3.05, 3.63) is 57.5 Å². The summed E-state index contributed by atoms with van der Waals surface area (Å²) < 4.78 is 25.0. The topological polar surface area (TPSA) is 63.2 Å². The maximum atomic E-state index is 13.3. The third-order valence-electron chi connectivity index (χ3n) is 4.64. The van der Waals surface area contributed by atoms with Crippen molar-refractivity contribution in [1.82, 2.24) is 0 Å². The highest BCUT2D eigenvalue weighted by Crippen LogP contribution is 2.42. The lowest BCUT2D eigenvalue weighted by molar-refractivity contribution is -0.118. The normalized spacial score (nSPS) is 16.4. The predicted molar refractivity (Wildman–Crippen MR) is 105 cm³/mol. The van der Waals surface area contributed by atoms with E-state index >= 15 is 0 Å². The Morgan fingerprint density at radius 3 is 2.12 bits per heavy atom. The van der Waals surface area contributed by atoms with Gasteiger partial charge in [-0.1, -0.05) is 47.6 Å². The first-order valence-electron chi connectivity index (χ1n) is 8.03. The lowest BCUT2D eigenvalue weighted by atomic mass is 10.1.